The van der Waals surface area contributed by atoms with E-state index in [4.69, 9.17) is 10.5 Å². The molecule has 0 spiro atoms. The number of imidazole rings is 1. The van der Waals surface area contributed by atoms with Crippen LogP contribution in [-0.4, -0.2) is 22.1 Å². The van der Waals surface area contributed by atoms with Crippen LogP contribution in [0.25, 0.3) is 0 Å². The summed E-state index contributed by atoms with van der Waals surface area (Å²) >= 11 is 0. The lowest BCUT2D eigenvalue weighted by Gasteiger charge is -2.23. The Hall–Kier alpha value is -1.85. The first kappa shape index (κ1) is 11.6. The fraction of sp³-hybridized carbons (Fsp3) is 0.583. The number of nitriles is 2. The van der Waals surface area contributed by atoms with E-state index in [0.29, 0.717) is 11.7 Å². The minimum absolute atomic E-state index is 0.226. The predicted molar refractivity (Wildman–Crippen MR) is 61.9 cm³/mol. The normalized spacial score (nSPS) is 19.5. The molecule has 1 aliphatic rings. The molecule has 0 aromatic carbocycles. The summed E-state index contributed by atoms with van der Waals surface area (Å²) in [6.45, 7) is 1.83. The van der Waals surface area contributed by atoms with Gasteiger partial charge in [0.25, 0.3) is 0 Å². The first-order valence-corrected chi connectivity index (χ1v) is 5.94. The van der Waals surface area contributed by atoms with Crippen LogP contribution in [-0.2, 0) is 6.54 Å². The van der Waals surface area contributed by atoms with Crippen LogP contribution in [0.5, 0.6) is 0 Å². The van der Waals surface area contributed by atoms with Crippen molar-refractivity contribution in [2.24, 2.45) is 0 Å². The third kappa shape index (κ3) is 2.64. The molecular weight excluding hydrogens is 214 g/mol. The lowest BCUT2D eigenvalue weighted by atomic mass is 10.0. The van der Waals surface area contributed by atoms with Gasteiger partial charge < -0.3 is 9.88 Å². The summed E-state index contributed by atoms with van der Waals surface area (Å²) in [7, 11) is 0. The van der Waals surface area contributed by atoms with E-state index in [9.17, 15) is 0 Å². The van der Waals surface area contributed by atoms with Crippen LogP contribution in [0.1, 0.15) is 37.1 Å². The number of rotatable bonds is 3. The average Bonchev–Trinajstić information content (AvgIpc) is 2.79. The number of aryl methyl sites for hydroxylation is 1. The summed E-state index contributed by atoms with van der Waals surface area (Å²) in [4.78, 5) is 3.93. The van der Waals surface area contributed by atoms with Gasteiger partial charge in [-0.25, -0.2) is 4.98 Å². The van der Waals surface area contributed by atoms with E-state index in [1.807, 2.05) is 12.1 Å². The molecule has 0 aliphatic carbocycles. The van der Waals surface area contributed by atoms with Crippen LogP contribution in [0.4, 0.5) is 0 Å². The van der Waals surface area contributed by atoms with Gasteiger partial charge in [0.05, 0.1) is 6.33 Å². The Morgan fingerprint density at radius 1 is 1.41 bits per heavy atom. The predicted octanol–water partition coefficient (Wildman–Crippen LogP) is 1.16. The molecule has 1 N–H and O–H groups in total. The zero-order valence-electron chi connectivity index (χ0n) is 9.69. The quantitative estimate of drug-likeness (QED) is 0.843. The van der Waals surface area contributed by atoms with Crippen molar-refractivity contribution in [2.75, 3.05) is 6.54 Å². The molecule has 88 valence electrons. The average molecular weight is 229 g/mol. The fourth-order valence-corrected chi connectivity index (χ4v) is 2.22. The van der Waals surface area contributed by atoms with E-state index >= 15 is 0 Å². The molecule has 1 aliphatic heterocycles. The minimum atomic E-state index is 0.226. The summed E-state index contributed by atoms with van der Waals surface area (Å²) < 4.78 is 1.77. The summed E-state index contributed by atoms with van der Waals surface area (Å²) in [6, 6.07) is 4.51. The zero-order chi connectivity index (χ0) is 12.1. The van der Waals surface area contributed by atoms with Crippen molar-refractivity contribution in [1.82, 2.24) is 14.9 Å². The Morgan fingerprint density at radius 3 is 2.94 bits per heavy atom. The number of nitrogens with one attached hydrogen (secondary N) is 1. The van der Waals surface area contributed by atoms with Gasteiger partial charge in [-0.1, -0.05) is 6.42 Å². The summed E-state index contributed by atoms with van der Waals surface area (Å²) in [5.74, 6) is 0. The molecule has 1 fully saturated rings. The highest BCUT2D eigenvalue weighted by molar-refractivity contribution is 5.35. The van der Waals surface area contributed by atoms with Crippen LogP contribution >= 0.6 is 0 Å². The van der Waals surface area contributed by atoms with Gasteiger partial charge >= 0.3 is 0 Å². The maximum Gasteiger partial charge on any atom is 0.176 e. The van der Waals surface area contributed by atoms with Crippen molar-refractivity contribution in [3.8, 4) is 12.1 Å². The largest absolute Gasteiger partial charge is 0.321 e. The monoisotopic (exact) mass is 229 g/mol. The Morgan fingerprint density at radius 2 is 2.29 bits per heavy atom. The number of hydrogen-bond donors (Lipinski definition) is 1. The Kier molecular flexibility index (Phi) is 3.74. The lowest BCUT2D eigenvalue weighted by molar-refractivity contribution is 0.366. The Balaban J connectivity index is 1.97. The second-order valence-corrected chi connectivity index (χ2v) is 4.29. The van der Waals surface area contributed by atoms with Crippen LogP contribution in [0, 0.1) is 22.7 Å². The maximum absolute atomic E-state index is 8.98. The number of piperidine rings is 1. The molecule has 1 saturated heterocycles. The molecule has 1 atom stereocenters. The first-order valence-electron chi connectivity index (χ1n) is 5.94. The highest BCUT2D eigenvalue weighted by Gasteiger charge is 2.14. The van der Waals surface area contributed by atoms with Crippen molar-refractivity contribution in [2.45, 2.75) is 38.3 Å². The first-order chi connectivity index (χ1) is 8.35. The molecule has 17 heavy (non-hydrogen) atoms. The van der Waals surface area contributed by atoms with Crippen molar-refractivity contribution in [1.29, 1.82) is 10.5 Å². The van der Waals surface area contributed by atoms with E-state index in [-0.39, 0.29) is 5.69 Å². The van der Waals surface area contributed by atoms with Crippen molar-refractivity contribution >= 4 is 0 Å². The molecule has 1 aromatic rings. The van der Waals surface area contributed by atoms with Crippen LogP contribution in [0.3, 0.4) is 0 Å². The third-order valence-corrected chi connectivity index (χ3v) is 3.18. The van der Waals surface area contributed by atoms with Gasteiger partial charge in [-0.05, 0) is 25.8 Å². The molecule has 5 heteroatoms. The Labute approximate surface area is 101 Å². The minimum Gasteiger partial charge on any atom is -0.321 e. The molecular formula is C12H15N5. The molecule has 2 rings (SSSR count). The van der Waals surface area contributed by atoms with Gasteiger partial charge in [-0.15, -0.1) is 0 Å². The standard InChI is InChI=1S/C12H15N5/c13-7-11-12(8-14)17(9-16-11)6-4-10-3-1-2-5-15-10/h9-10,15H,1-6H2. The Bertz CT molecular complexity index is 456. The van der Waals surface area contributed by atoms with E-state index in [1.54, 1.807) is 10.9 Å². The van der Waals surface area contributed by atoms with Gasteiger partial charge in [-0.3, -0.25) is 0 Å². The summed E-state index contributed by atoms with van der Waals surface area (Å²) in [6.07, 6.45) is 6.29. The van der Waals surface area contributed by atoms with Gasteiger partial charge in [0.15, 0.2) is 11.4 Å². The third-order valence-electron chi connectivity index (χ3n) is 3.18. The molecule has 0 saturated carbocycles. The lowest BCUT2D eigenvalue weighted by Crippen LogP contribution is -2.34. The van der Waals surface area contributed by atoms with Crippen LogP contribution in [0.15, 0.2) is 6.33 Å². The van der Waals surface area contributed by atoms with E-state index < -0.39 is 0 Å². The molecule has 0 amide bonds. The van der Waals surface area contributed by atoms with E-state index in [1.165, 1.54) is 19.3 Å². The van der Waals surface area contributed by atoms with Gasteiger partial charge in [0.2, 0.25) is 0 Å². The van der Waals surface area contributed by atoms with Crippen LogP contribution in [0.2, 0.25) is 0 Å². The second-order valence-electron chi connectivity index (χ2n) is 4.29. The smallest absolute Gasteiger partial charge is 0.176 e. The topological polar surface area (TPSA) is 77.4 Å². The fourth-order valence-electron chi connectivity index (χ4n) is 2.22. The summed E-state index contributed by atoms with van der Waals surface area (Å²) in [5.41, 5.74) is 0.604. The van der Waals surface area contributed by atoms with Crippen LogP contribution < -0.4 is 5.32 Å². The highest BCUT2D eigenvalue weighted by atomic mass is 15.1. The molecule has 0 bridgehead atoms. The molecule has 1 aromatic heterocycles. The van der Waals surface area contributed by atoms with E-state index in [0.717, 1.165) is 19.5 Å². The van der Waals surface area contributed by atoms with Gasteiger partial charge in [0.1, 0.15) is 12.1 Å². The van der Waals surface area contributed by atoms with Gasteiger partial charge in [0, 0.05) is 12.6 Å². The molecule has 1 unspecified atom stereocenters. The second kappa shape index (κ2) is 5.47. The zero-order valence-corrected chi connectivity index (χ0v) is 9.69. The van der Waals surface area contributed by atoms with Crippen molar-refractivity contribution < 1.29 is 0 Å². The SMILES string of the molecule is N#Cc1ncn(CCC2CCCCN2)c1C#N. The van der Waals surface area contributed by atoms with Crippen molar-refractivity contribution in [3.63, 3.8) is 0 Å². The molecule has 0 radical (unpaired) electrons. The van der Waals surface area contributed by atoms with Gasteiger partial charge in [-0.2, -0.15) is 10.5 Å². The number of hydrogen-bond acceptors (Lipinski definition) is 4. The summed E-state index contributed by atoms with van der Waals surface area (Å²) in [5, 5.41) is 21.2. The number of aromatic nitrogens is 2. The van der Waals surface area contributed by atoms with E-state index in [2.05, 4.69) is 10.3 Å². The highest BCUT2D eigenvalue weighted by Crippen LogP contribution is 2.12. The molecule has 2 heterocycles. The molecule has 5 nitrogen and oxygen atoms in total. The van der Waals surface area contributed by atoms with Crippen molar-refractivity contribution in [3.05, 3.63) is 17.7 Å². The maximum atomic E-state index is 8.98. The number of nitrogens with zero attached hydrogens (tertiary/aromatic N) is 4.